The zero-order chi connectivity index (χ0) is 14.5. The SMILES string of the molecule is CC(C)(C)OC(=O)NCC=Cc1cnc(Cl)nc1Cl. The third-order valence-corrected chi connectivity index (χ3v) is 2.28. The molecule has 19 heavy (non-hydrogen) atoms. The van der Waals surface area contributed by atoms with Gasteiger partial charge in [-0.25, -0.2) is 14.8 Å². The van der Waals surface area contributed by atoms with Gasteiger partial charge in [-0.3, -0.25) is 0 Å². The van der Waals surface area contributed by atoms with Crippen molar-refractivity contribution in [2.24, 2.45) is 0 Å². The van der Waals surface area contributed by atoms with Crippen LogP contribution in [0.1, 0.15) is 26.3 Å². The van der Waals surface area contributed by atoms with Crippen LogP contribution in [0.25, 0.3) is 6.08 Å². The van der Waals surface area contributed by atoms with Gasteiger partial charge in [0.05, 0.1) is 0 Å². The fourth-order valence-corrected chi connectivity index (χ4v) is 1.47. The highest BCUT2D eigenvalue weighted by Crippen LogP contribution is 2.15. The van der Waals surface area contributed by atoms with Crippen LogP contribution in [-0.4, -0.2) is 28.2 Å². The minimum Gasteiger partial charge on any atom is -0.444 e. The molecule has 0 saturated carbocycles. The number of amides is 1. The van der Waals surface area contributed by atoms with Gasteiger partial charge in [0.2, 0.25) is 5.28 Å². The van der Waals surface area contributed by atoms with Crippen molar-refractivity contribution in [1.29, 1.82) is 0 Å². The van der Waals surface area contributed by atoms with Crippen molar-refractivity contribution in [2.75, 3.05) is 6.54 Å². The van der Waals surface area contributed by atoms with Gasteiger partial charge in [-0.05, 0) is 32.4 Å². The lowest BCUT2D eigenvalue weighted by atomic mass is 10.2. The number of hydrogen-bond acceptors (Lipinski definition) is 4. The fraction of sp³-hybridized carbons (Fsp3) is 0.417. The molecule has 1 aromatic rings. The van der Waals surface area contributed by atoms with Crippen molar-refractivity contribution >= 4 is 35.4 Å². The van der Waals surface area contributed by atoms with E-state index in [0.29, 0.717) is 12.1 Å². The number of halogens is 2. The van der Waals surface area contributed by atoms with Crippen LogP contribution < -0.4 is 5.32 Å². The van der Waals surface area contributed by atoms with Gasteiger partial charge in [-0.15, -0.1) is 0 Å². The van der Waals surface area contributed by atoms with Crippen LogP contribution in [0, 0.1) is 0 Å². The van der Waals surface area contributed by atoms with E-state index in [1.54, 1.807) is 32.9 Å². The first-order chi connectivity index (χ1) is 8.78. The Morgan fingerprint density at radius 1 is 1.47 bits per heavy atom. The Hall–Kier alpha value is -1.33. The molecule has 0 fully saturated rings. The summed E-state index contributed by atoms with van der Waals surface area (Å²) in [6.07, 6.45) is 4.43. The number of alkyl carbamates (subject to hydrolysis) is 1. The van der Waals surface area contributed by atoms with E-state index in [9.17, 15) is 4.79 Å². The molecule has 104 valence electrons. The minimum absolute atomic E-state index is 0.0917. The van der Waals surface area contributed by atoms with E-state index in [1.165, 1.54) is 6.20 Å². The highest BCUT2D eigenvalue weighted by Gasteiger charge is 2.14. The molecular formula is C12H15Cl2N3O2. The summed E-state index contributed by atoms with van der Waals surface area (Å²) in [7, 11) is 0. The zero-order valence-corrected chi connectivity index (χ0v) is 12.4. The average Bonchev–Trinajstić information content (AvgIpc) is 2.24. The number of carbonyl (C=O) groups excluding carboxylic acids is 1. The number of nitrogens with one attached hydrogen (secondary N) is 1. The van der Waals surface area contributed by atoms with E-state index in [2.05, 4.69) is 15.3 Å². The van der Waals surface area contributed by atoms with Crippen LogP contribution in [0.4, 0.5) is 4.79 Å². The number of hydrogen-bond donors (Lipinski definition) is 1. The average molecular weight is 304 g/mol. The molecule has 1 amide bonds. The van der Waals surface area contributed by atoms with Crippen molar-refractivity contribution < 1.29 is 9.53 Å². The zero-order valence-electron chi connectivity index (χ0n) is 10.9. The summed E-state index contributed by atoms with van der Waals surface area (Å²) in [5.74, 6) is 0. The van der Waals surface area contributed by atoms with Gasteiger partial charge in [-0.1, -0.05) is 23.8 Å². The van der Waals surface area contributed by atoms with E-state index in [-0.39, 0.29) is 10.4 Å². The maximum Gasteiger partial charge on any atom is 0.407 e. The second-order valence-electron chi connectivity index (χ2n) is 4.67. The van der Waals surface area contributed by atoms with Crippen molar-refractivity contribution in [1.82, 2.24) is 15.3 Å². The third kappa shape index (κ3) is 6.40. The smallest absolute Gasteiger partial charge is 0.407 e. The molecule has 0 aliphatic carbocycles. The van der Waals surface area contributed by atoms with E-state index < -0.39 is 11.7 Å². The van der Waals surface area contributed by atoms with Crippen molar-refractivity contribution in [3.05, 3.63) is 28.3 Å². The van der Waals surface area contributed by atoms with Crippen LogP contribution in [0.2, 0.25) is 10.4 Å². The van der Waals surface area contributed by atoms with E-state index in [4.69, 9.17) is 27.9 Å². The first-order valence-electron chi connectivity index (χ1n) is 5.59. The standard InChI is InChI=1S/C12H15Cl2N3O2/c1-12(2,3)19-11(18)15-6-4-5-8-7-16-10(14)17-9(8)13/h4-5,7H,6H2,1-3H3,(H,15,18). The molecule has 1 heterocycles. The van der Waals surface area contributed by atoms with E-state index in [1.807, 2.05) is 0 Å². The Labute approximate surface area is 122 Å². The predicted molar refractivity (Wildman–Crippen MR) is 75.3 cm³/mol. The molecule has 0 atom stereocenters. The highest BCUT2D eigenvalue weighted by atomic mass is 35.5. The van der Waals surface area contributed by atoms with Gasteiger partial charge in [0.1, 0.15) is 10.8 Å². The Balaban J connectivity index is 2.44. The molecule has 0 aliphatic rings. The Kier molecular flexibility index (Phi) is 5.57. The van der Waals surface area contributed by atoms with Crippen LogP contribution in [0.15, 0.2) is 12.3 Å². The molecule has 0 spiro atoms. The molecule has 5 nitrogen and oxygen atoms in total. The summed E-state index contributed by atoms with van der Waals surface area (Å²) in [6.45, 7) is 5.71. The molecule has 1 aromatic heterocycles. The molecule has 0 aromatic carbocycles. The monoisotopic (exact) mass is 303 g/mol. The number of aromatic nitrogens is 2. The van der Waals surface area contributed by atoms with Crippen molar-refractivity contribution in [3.63, 3.8) is 0 Å². The molecule has 0 bridgehead atoms. The summed E-state index contributed by atoms with van der Waals surface area (Å²) in [5, 5.41) is 2.93. The van der Waals surface area contributed by atoms with Crippen LogP contribution >= 0.6 is 23.2 Å². The molecule has 0 saturated heterocycles. The highest BCUT2D eigenvalue weighted by molar-refractivity contribution is 6.32. The number of ether oxygens (including phenoxy) is 1. The lowest BCUT2D eigenvalue weighted by Gasteiger charge is -2.19. The van der Waals surface area contributed by atoms with Crippen LogP contribution in [0.3, 0.4) is 0 Å². The van der Waals surface area contributed by atoms with E-state index in [0.717, 1.165) is 0 Å². The minimum atomic E-state index is -0.513. The van der Waals surface area contributed by atoms with Crippen molar-refractivity contribution in [2.45, 2.75) is 26.4 Å². The van der Waals surface area contributed by atoms with Crippen LogP contribution in [0.5, 0.6) is 0 Å². The number of rotatable bonds is 3. The normalized spacial score (nSPS) is 11.6. The second kappa shape index (κ2) is 6.73. The maximum atomic E-state index is 11.3. The summed E-state index contributed by atoms with van der Waals surface area (Å²) < 4.78 is 5.08. The molecule has 0 aliphatic heterocycles. The largest absolute Gasteiger partial charge is 0.444 e. The van der Waals surface area contributed by atoms with Gasteiger partial charge >= 0.3 is 6.09 Å². The Bertz CT molecular complexity index is 484. The maximum absolute atomic E-state index is 11.3. The van der Waals surface area contributed by atoms with Crippen LogP contribution in [-0.2, 0) is 4.74 Å². The Morgan fingerprint density at radius 2 is 2.16 bits per heavy atom. The van der Waals surface area contributed by atoms with Gasteiger partial charge in [0, 0.05) is 18.3 Å². The third-order valence-electron chi connectivity index (χ3n) is 1.80. The lowest BCUT2D eigenvalue weighted by Crippen LogP contribution is -2.32. The number of nitrogens with zero attached hydrogens (tertiary/aromatic N) is 2. The molecule has 0 radical (unpaired) electrons. The van der Waals surface area contributed by atoms with Crippen molar-refractivity contribution in [3.8, 4) is 0 Å². The Morgan fingerprint density at radius 3 is 2.74 bits per heavy atom. The first kappa shape index (κ1) is 15.7. The summed E-state index contributed by atoms with van der Waals surface area (Å²) in [6, 6.07) is 0. The van der Waals surface area contributed by atoms with Gasteiger partial charge in [0.25, 0.3) is 0 Å². The molecular weight excluding hydrogens is 289 g/mol. The fourth-order valence-electron chi connectivity index (χ4n) is 1.10. The first-order valence-corrected chi connectivity index (χ1v) is 6.35. The van der Waals surface area contributed by atoms with E-state index >= 15 is 0 Å². The number of carbonyl (C=O) groups is 1. The van der Waals surface area contributed by atoms with Gasteiger partial charge < -0.3 is 10.1 Å². The summed E-state index contributed by atoms with van der Waals surface area (Å²) in [5.41, 5.74) is 0.110. The molecule has 1 rings (SSSR count). The summed E-state index contributed by atoms with van der Waals surface area (Å²) >= 11 is 11.4. The van der Waals surface area contributed by atoms with Gasteiger partial charge in [-0.2, -0.15) is 0 Å². The quantitative estimate of drug-likeness (QED) is 0.687. The lowest BCUT2D eigenvalue weighted by molar-refractivity contribution is 0.0534. The molecule has 0 unspecified atom stereocenters. The molecule has 7 heteroatoms. The molecule has 1 N–H and O–H groups in total. The second-order valence-corrected chi connectivity index (χ2v) is 5.37. The topological polar surface area (TPSA) is 64.1 Å². The predicted octanol–water partition coefficient (Wildman–Crippen LogP) is 3.32. The summed E-state index contributed by atoms with van der Waals surface area (Å²) in [4.78, 5) is 18.9. The van der Waals surface area contributed by atoms with Gasteiger partial charge in [0.15, 0.2) is 0 Å².